The molecule has 0 radical (unpaired) electrons. The molecular formula is C13H16N4O. The van der Waals surface area contributed by atoms with Gasteiger partial charge in [-0.15, -0.1) is 5.10 Å². The van der Waals surface area contributed by atoms with Crippen molar-refractivity contribution in [1.29, 1.82) is 0 Å². The van der Waals surface area contributed by atoms with Crippen molar-refractivity contribution in [2.45, 2.75) is 26.2 Å². The minimum absolute atomic E-state index is 0.0844. The molecule has 1 heterocycles. The van der Waals surface area contributed by atoms with Gasteiger partial charge in [0.1, 0.15) is 0 Å². The second-order valence-electron chi connectivity index (χ2n) is 5.14. The molecule has 1 aromatic heterocycles. The van der Waals surface area contributed by atoms with Gasteiger partial charge in [-0.25, -0.2) is 0 Å². The Morgan fingerprint density at radius 3 is 2.39 bits per heavy atom. The number of carbonyl (C=O) groups excluding carboxylic acids is 1. The summed E-state index contributed by atoms with van der Waals surface area (Å²) in [6.45, 7) is 6.41. The first-order chi connectivity index (χ1) is 8.47. The van der Waals surface area contributed by atoms with Gasteiger partial charge in [0.05, 0.1) is 6.20 Å². The Kier molecular flexibility index (Phi) is 3.14. The number of aromatic amines is 1. The van der Waals surface area contributed by atoms with Gasteiger partial charge in [-0.1, -0.05) is 32.9 Å². The molecule has 1 amide bonds. The van der Waals surface area contributed by atoms with Crippen LogP contribution in [0.25, 0.3) is 0 Å². The number of rotatable bonds is 2. The first kappa shape index (κ1) is 12.3. The topological polar surface area (TPSA) is 70.7 Å². The average Bonchev–Trinajstić information content (AvgIpc) is 2.81. The quantitative estimate of drug-likeness (QED) is 0.851. The number of benzene rings is 1. The summed E-state index contributed by atoms with van der Waals surface area (Å²) in [4.78, 5) is 11.9. The maximum atomic E-state index is 11.9. The standard InChI is InChI=1S/C13H16N4O/c1-13(2,3)10-6-4-9(5-7-10)12(18)15-11-8-14-17-16-11/h4-8H,1-3H3,(H2,14,15,16,17,18). The molecule has 18 heavy (non-hydrogen) atoms. The van der Waals surface area contributed by atoms with Gasteiger partial charge in [0.15, 0.2) is 5.82 Å². The Morgan fingerprint density at radius 1 is 1.22 bits per heavy atom. The Hall–Kier alpha value is -2.17. The van der Waals surface area contributed by atoms with Gasteiger partial charge in [-0.2, -0.15) is 10.3 Å². The molecule has 0 spiro atoms. The van der Waals surface area contributed by atoms with Gasteiger partial charge < -0.3 is 5.32 Å². The van der Waals surface area contributed by atoms with Crippen LogP contribution in [0.5, 0.6) is 0 Å². The molecule has 0 aliphatic heterocycles. The van der Waals surface area contributed by atoms with Gasteiger partial charge in [0.25, 0.3) is 5.91 Å². The third-order valence-corrected chi connectivity index (χ3v) is 2.67. The number of nitrogens with zero attached hydrogens (tertiary/aromatic N) is 2. The van der Waals surface area contributed by atoms with E-state index in [4.69, 9.17) is 0 Å². The van der Waals surface area contributed by atoms with E-state index in [0.717, 1.165) is 0 Å². The van der Waals surface area contributed by atoms with E-state index in [2.05, 4.69) is 41.5 Å². The smallest absolute Gasteiger partial charge is 0.256 e. The summed E-state index contributed by atoms with van der Waals surface area (Å²) in [5, 5.41) is 12.5. The lowest BCUT2D eigenvalue weighted by atomic mass is 9.87. The number of hydrogen-bond donors (Lipinski definition) is 2. The molecular weight excluding hydrogens is 228 g/mol. The lowest BCUT2D eigenvalue weighted by Crippen LogP contribution is -2.14. The van der Waals surface area contributed by atoms with Crippen LogP contribution < -0.4 is 5.32 Å². The van der Waals surface area contributed by atoms with Crippen molar-refractivity contribution in [2.75, 3.05) is 5.32 Å². The fraction of sp³-hybridized carbons (Fsp3) is 0.308. The summed E-state index contributed by atoms with van der Waals surface area (Å²) in [6.07, 6.45) is 1.46. The van der Waals surface area contributed by atoms with E-state index in [0.29, 0.717) is 11.4 Å². The zero-order chi connectivity index (χ0) is 13.2. The van der Waals surface area contributed by atoms with Crippen LogP contribution in [0.15, 0.2) is 30.5 Å². The highest BCUT2D eigenvalue weighted by Crippen LogP contribution is 2.22. The minimum Gasteiger partial charge on any atom is -0.304 e. The van der Waals surface area contributed by atoms with Gasteiger partial charge in [-0.3, -0.25) is 4.79 Å². The van der Waals surface area contributed by atoms with Crippen LogP contribution in [0, 0.1) is 0 Å². The van der Waals surface area contributed by atoms with Crippen molar-refractivity contribution in [2.24, 2.45) is 0 Å². The number of carbonyl (C=O) groups is 1. The van der Waals surface area contributed by atoms with Crippen molar-refractivity contribution < 1.29 is 4.79 Å². The highest BCUT2D eigenvalue weighted by Gasteiger charge is 2.14. The van der Waals surface area contributed by atoms with Crippen molar-refractivity contribution in [3.63, 3.8) is 0 Å². The molecule has 2 N–H and O–H groups in total. The van der Waals surface area contributed by atoms with Crippen LogP contribution in [0.2, 0.25) is 0 Å². The van der Waals surface area contributed by atoms with Crippen LogP contribution >= 0.6 is 0 Å². The van der Waals surface area contributed by atoms with E-state index >= 15 is 0 Å². The normalized spacial score (nSPS) is 11.3. The lowest BCUT2D eigenvalue weighted by Gasteiger charge is -2.18. The monoisotopic (exact) mass is 244 g/mol. The van der Waals surface area contributed by atoms with Crippen LogP contribution in [0.1, 0.15) is 36.7 Å². The van der Waals surface area contributed by atoms with Gasteiger partial charge in [0.2, 0.25) is 0 Å². The van der Waals surface area contributed by atoms with Crippen LogP contribution in [0.3, 0.4) is 0 Å². The molecule has 94 valence electrons. The first-order valence-corrected chi connectivity index (χ1v) is 5.74. The van der Waals surface area contributed by atoms with Crippen LogP contribution in [0.4, 0.5) is 5.82 Å². The van der Waals surface area contributed by atoms with Crippen molar-refractivity contribution in [3.05, 3.63) is 41.6 Å². The lowest BCUT2D eigenvalue weighted by molar-refractivity contribution is 0.102. The molecule has 0 aliphatic rings. The molecule has 0 saturated heterocycles. The molecule has 0 atom stereocenters. The molecule has 5 heteroatoms. The number of H-pyrrole nitrogens is 1. The van der Waals surface area contributed by atoms with Gasteiger partial charge in [-0.05, 0) is 23.1 Å². The maximum absolute atomic E-state index is 11.9. The van der Waals surface area contributed by atoms with Gasteiger partial charge >= 0.3 is 0 Å². The maximum Gasteiger partial charge on any atom is 0.256 e. The van der Waals surface area contributed by atoms with E-state index < -0.39 is 0 Å². The first-order valence-electron chi connectivity index (χ1n) is 5.74. The Labute approximate surface area is 106 Å². The van der Waals surface area contributed by atoms with Gasteiger partial charge in [0, 0.05) is 5.56 Å². The van der Waals surface area contributed by atoms with E-state index in [9.17, 15) is 4.79 Å². The highest BCUT2D eigenvalue weighted by atomic mass is 16.1. The number of hydrogen-bond acceptors (Lipinski definition) is 3. The molecule has 2 rings (SSSR count). The van der Waals surface area contributed by atoms with Crippen molar-refractivity contribution in [1.82, 2.24) is 15.4 Å². The molecule has 0 saturated carbocycles. The predicted octanol–water partition coefficient (Wildman–Crippen LogP) is 2.35. The molecule has 1 aromatic carbocycles. The third kappa shape index (κ3) is 2.74. The van der Waals surface area contributed by atoms with Crippen molar-refractivity contribution in [3.8, 4) is 0 Å². The SMILES string of the molecule is CC(C)(C)c1ccc(C(=O)Nc2cn[nH]n2)cc1. The second kappa shape index (κ2) is 4.60. The Morgan fingerprint density at radius 2 is 1.89 bits per heavy atom. The zero-order valence-corrected chi connectivity index (χ0v) is 10.7. The molecule has 0 aliphatic carbocycles. The van der Waals surface area contributed by atoms with E-state index in [1.807, 2.05) is 24.3 Å². The van der Waals surface area contributed by atoms with E-state index in [1.165, 1.54) is 11.8 Å². The number of nitrogens with one attached hydrogen (secondary N) is 2. The van der Waals surface area contributed by atoms with E-state index in [1.54, 1.807) is 0 Å². The zero-order valence-electron chi connectivity index (χ0n) is 10.7. The fourth-order valence-corrected chi connectivity index (χ4v) is 1.57. The van der Waals surface area contributed by atoms with Crippen molar-refractivity contribution >= 4 is 11.7 Å². The minimum atomic E-state index is -0.190. The number of aromatic nitrogens is 3. The largest absolute Gasteiger partial charge is 0.304 e. The number of anilines is 1. The fourth-order valence-electron chi connectivity index (χ4n) is 1.57. The number of amides is 1. The predicted molar refractivity (Wildman–Crippen MR) is 69.5 cm³/mol. The summed E-state index contributed by atoms with van der Waals surface area (Å²) < 4.78 is 0. The average molecular weight is 244 g/mol. The molecule has 0 fully saturated rings. The summed E-state index contributed by atoms with van der Waals surface area (Å²) in [7, 11) is 0. The molecule has 0 unspecified atom stereocenters. The van der Waals surface area contributed by atoms with E-state index in [-0.39, 0.29) is 11.3 Å². The van der Waals surface area contributed by atoms with Crippen LogP contribution in [-0.2, 0) is 5.41 Å². The molecule has 0 bridgehead atoms. The summed E-state index contributed by atoms with van der Waals surface area (Å²) >= 11 is 0. The summed E-state index contributed by atoms with van der Waals surface area (Å²) in [5.41, 5.74) is 1.88. The van der Waals surface area contributed by atoms with Crippen LogP contribution in [-0.4, -0.2) is 21.3 Å². The summed E-state index contributed by atoms with van der Waals surface area (Å²) in [6, 6.07) is 7.57. The third-order valence-electron chi connectivity index (χ3n) is 2.67. The Bertz CT molecular complexity index is 523. The Balaban J connectivity index is 2.12. The highest BCUT2D eigenvalue weighted by molar-refractivity contribution is 6.03. The second-order valence-corrected chi connectivity index (χ2v) is 5.14. The summed E-state index contributed by atoms with van der Waals surface area (Å²) in [5.74, 6) is 0.226. The molecule has 5 nitrogen and oxygen atoms in total. The molecule has 2 aromatic rings.